The monoisotopic (exact) mass is 231 g/mol. The largest absolute Gasteiger partial charge is 0.480 e. The van der Waals surface area contributed by atoms with Crippen LogP contribution in [0, 0.1) is 5.41 Å². The number of carbonyl (C=O) groups is 1. The summed E-state index contributed by atoms with van der Waals surface area (Å²) in [5.41, 5.74) is -0.162. The van der Waals surface area contributed by atoms with Crippen molar-refractivity contribution in [2.45, 2.75) is 11.6 Å². The summed E-state index contributed by atoms with van der Waals surface area (Å²) in [5, 5.41) is 19.1. The van der Waals surface area contributed by atoms with Crippen LogP contribution >= 0.6 is 0 Å². The van der Waals surface area contributed by atoms with Gasteiger partial charge in [-0.25, -0.2) is 13.1 Å². The minimum Gasteiger partial charge on any atom is -0.480 e. The fourth-order valence-corrected chi connectivity index (χ4v) is 1.45. The molecule has 0 aromatic carbocycles. The van der Waals surface area contributed by atoms with Crippen molar-refractivity contribution in [3.63, 3.8) is 0 Å². The predicted molar refractivity (Wildman–Crippen MR) is 48.8 cm³/mol. The van der Waals surface area contributed by atoms with E-state index in [1.807, 2.05) is 0 Å². The zero-order valence-corrected chi connectivity index (χ0v) is 8.65. The van der Waals surface area contributed by atoms with Crippen molar-refractivity contribution in [2.75, 3.05) is 6.26 Å². The van der Waals surface area contributed by atoms with Crippen molar-refractivity contribution >= 4 is 15.8 Å². The average Bonchev–Trinajstić information content (AvgIpc) is 2.06. The smallest absolute Gasteiger partial charge is 0.325 e. The summed E-state index contributed by atoms with van der Waals surface area (Å²) in [4.78, 5) is 10.4. The fraction of sp³-hybridized carbons (Fsp3) is 0.286. The molecule has 8 heteroatoms. The van der Waals surface area contributed by atoms with E-state index in [4.69, 9.17) is 10.5 Å². The number of nitrogens with one attached hydrogen (secondary N) is 1. The lowest BCUT2D eigenvalue weighted by Gasteiger charge is -2.03. The normalized spacial score (nSPS) is 11.3. The van der Waals surface area contributed by atoms with Gasteiger partial charge in [0.2, 0.25) is 0 Å². The summed E-state index contributed by atoms with van der Waals surface area (Å²) in [5.74, 6) is -1.19. The lowest BCUT2D eigenvalue weighted by Crippen LogP contribution is -2.27. The van der Waals surface area contributed by atoms with E-state index in [9.17, 15) is 13.2 Å². The lowest BCUT2D eigenvalue weighted by molar-refractivity contribution is -0.138. The van der Waals surface area contributed by atoms with Gasteiger partial charge in [0.25, 0.3) is 0 Å². The number of sulfone groups is 1. The van der Waals surface area contributed by atoms with Crippen molar-refractivity contribution < 1.29 is 18.3 Å². The molecule has 0 aliphatic heterocycles. The molecule has 15 heavy (non-hydrogen) atoms. The average molecular weight is 231 g/mol. The number of aliphatic carboxylic acids is 1. The number of carboxylic acid groups (broad SMARTS) is 1. The van der Waals surface area contributed by atoms with Gasteiger partial charge in [-0.2, -0.15) is 5.10 Å². The molecule has 0 unspecified atom stereocenters. The van der Waals surface area contributed by atoms with Crippen LogP contribution in [0.5, 0.6) is 0 Å². The Balaban J connectivity index is 3.29. The SMILES string of the molecule is CS(=O)(=O)c1ccc(=N)n(CC(=O)O)n1. The maximum atomic E-state index is 11.1. The highest BCUT2D eigenvalue weighted by Crippen LogP contribution is 2.00. The van der Waals surface area contributed by atoms with E-state index in [1.54, 1.807) is 0 Å². The molecule has 1 rings (SSSR count). The van der Waals surface area contributed by atoms with Gasteiger partial charge in [0.1, 0.15) is 12.0 Å². The van der Waals surface area contributed by atoms with Crippen LogP contribution in [0.4, 0.5) is 0 Å². The topological polar surface area (TPSA) is 113 Å². The molecular formula is C7H9N3O4S. The van der Waals surface area contributed by atoms with Crippen LogP contribution in [-0.4, -0.2) is 35.5 Å². The molecule has 0 saturated heterocycles. The van der Waals surface area contributed by atoms with Crippen molar-refractivity contribution in [1.82, 2.24) is 9.78 Å². The van der Waals surface area contributed by atoms with E-state index in [-0.39, 0.29) is 10.5 Å². The molecule has 1 aromatic heterocycles. The second kappa shape index (κ2) is 3.81. The van der Waals surface area contributed by atoms with E-state index in [2.05, 4.69) is 5.10 Å². The molecule has 1 heterocycles. The summed E-state index contributed by atoms with van der Waals surface area (Å²) in [6.07, 6.45) is 0.962. The quantitative estimate of drug-likeness (QED) is 0.682. The van der Waals surface area contributed by atoms with Gasteiger partial charge in [0, 0.05) is 6.26 Å². The third kappa shape index (κ3) is 2.88. The van der Waals surface area contributed by atoms with Crippen LogP contribution in [0.2, 0.25) is 0 Å². The van der Waals surface area contributed by atoms with Gasteiger partial charge in [-0.1, -0.05) is 0 Å². The molecule has 0 aliphatic rings. The van der Waals surface area contributed by atoms with Gasteiger partial charge in [0.05, 0.1) is 0 Å². The number of rotatable bonds is 3. The standard InChI is InChI=1S/C7H9N3O4S/c1-15(13,14)6-3-2-5(8)10(9-6)4-7(11)12/h2-3,8H,4H2,1H3,(H,11,12). The molecule has 0 bridgehead atoms. The first-order valence-electron chi connectivity index (χ1n) is 3.85. The second-order valence-electron chi connectivity index (χ2n) is 2.88. The van der Waals surface area contributed by atoms with Crippen LogP contribution in [0.3, 0.4) is 0 Å². The summed E-state index contributed by atoms with van der Waals surface area (Å²) in [6.45, 7) is -0.539. The first-order chi connectivity index (χ1) is 6.80. The molecule has 0 amide bonds. The number of nitrogens with zero attached hydrogens (tertiary/aromatic N) is 2. The highest BCUT2D eigenvalue weighted by molar-refractivity contribution is 7.90. The van der Waals surface area contributed by atoms with Crippen LogP contribution in [0.15, 0.2) is 17.2 Å². The van der Waals surface area contributed by atoms with Crippen LogP contribution in [0.25, 0.3) is 0 Å². The van der Waals surface area contributed by atoms with Gasteiger partial charge in [-0.15, -0.1) is 0 Å². The Kier molecular flexibility index (Phi) is 2.89. The number of carboxylic acids is 1. The molecule has 7 nitrogen and oxygen atoms in total. The van der Waals surface area contributed by atoms with Gasteiger partial charge < -0.3 is 5.11 Å². The van der Waals surface area contributed by atoms with Gasteiger partial charge >= 0.3 is 5.97 Å². The molecule has 0 saturated carbocycles. The van der Waals surface area contributed by atoms with E-state index in [0.717, 1.165) is 17.0 Å². The Bertz CT molecular complexity index is 546. The Morgan fingerprint density at radius 2 is 2.20 bits per heavy atom. The van der Waals surface area contributed by atoms with Crippen molar-refractivity contribution in [2.24, 2.45) is 0 Å². The summed E-state index contributed by atoms with van der Waals surface area (Å²) in [7, 11) is -3.49. The Morgan fingerprint density at radius 3 is 2.67 bits per heavy atom. The zero-order valence-electron chi connectivity index (χ0n) is 7.84. The molecule has 0 radical (unpaired) electrons. The molecule has 1 aromatic rings. The fourth-order valence-electron chi connectivity index (χ4n) is 0.889. The van der Waals surface area contributed by atoms with Gasteiger partial charge in [-0.05, 0) is 12.1 Å². The van der Waals surface area contributed by atoms with Crippen molar-refractivity contribution in [1.29, 1.82) is 5.41 Å². The Morgan fingerprint density at radius 1 is 1.60 bits per heavy atom. The summed E-state index contributed by atoms with van der Waals surface area (Å²) < 4.78 is 23.0. The third-order valence-electron chi connectivity index (χ3n) is 1.55. The Labute approximate surface area is 85.4 Å². The summed E-state index contributed by atoms with van der Waals surface area (Å²) >= 11 is 0. The molecule has 0 spiro atoms. The maximum Gasteiger partial charge on any atom is 0.325 e. The number of hydrogen-bond donors (Lipinski definition) is 2. The zero-order chi connectivity index (χ0) is 11.6. The van der Waals surface area contributed by atoms with Gasteiger partial charge in [-0.3, -0.25) is 10.2 Å². The van der Waals surface area contributed by atoms with E-state index in [1.165, 1.54) is 6.07 Å². The molecule has 0 aliphatic carbocycles. The van der Waals surface area contributed by atoms with E-state index in [0.29, 0.717) is 0 Å². The van der Waals surface area contributed by atoms with E-state index < -0.39 is 22.4 Å². The van der Waals surface area contributed by atoms with Gasteiger partial charge in [0.15, 0.2) is 14.9 Å². The first kappa shape index (κ1) is 11.4. The molecule has 2 N–H and O–H groups in total. The highest BCUT2D eigenvalue weighted by atomic mass is 32.2. The second-order valence-corrected chi connectivity index (χ2v) is 4.84. The van der Waals surface area contributed by atoms with Crippen LogP contribution < -0.4 is 5.49 Å². The number of hydrogen-bond acceptors (Lipinski definition) is 5. The van der Waals surface area contributed by atoms with Crippen LogP contribution in [-0.2, 0) is 21.2 Å². The highest BCUT2D eigenvalue weighted by Gasteiger charge is 2.11. The molecular weight excluding hydrogens is 222 g/mol. The minimum absolute atomic E-state index is 0.162. The first-order valence-corrected chi connectivity index (χ1v) is 5.74. The third-order valence-corrected chi connectivity index (χ3v) is 2.52. The molecule has 0 atom stereocenters. The predicted octanol–water partition coefficient (Wildman–Crippen LogP) is -1.15. The lowest BCUT2D eigenvalue weighted by atomic mass is 10.5. The number of aromatic nitrogens is 2. The molecule has 82 valence electrons. The van der Waals surface area contributed by atoms with Crippen LogP contribution in [0.1, 0.15) is 0 Å². The minimum atomic E-state index is -3.49. The summed E-state index contributed by atoms with van der Waals surface area (Å²) in [6, 6.07) is 2.35. The Hall–Kier alpha value is -1.70. The molecule has 0 fully saturated rings. The van der Waals surface area contributed by atoms with E-state index >= 15 is 0 Å². The maximum absolute atomic E-state index is 11.1. The van der Waals surface area contributed by atoms with Crippen molar-refractivity contribution in [3.8, 4) is 0 Å². The van der Waals surface area contributed by atoms with Crippen molar-refractivity contribution in [3.05, 3.63) is 17.6 Å².